The number of pyridine rings is 1. The summed E-state index contributed by atoms with van der Waals surface area (Å²) >= 11 is 1.90. The van der Waals surface area contributed by atoms with Crippen LogP contribution in [0.2, 0.25) is 0 Å². The van der Waals surface area contributed by atoms with E-state index < -0.39 is 0 Å². The number of halogens is 1. The molecule has 0 saturated carbocycles. The molecule has 2 aromatic heterocycles. The van der Waals surface area contributed by atoms with Crippen LogP contribution in [0.5, 0.6) is 0 Å². The average Bonchev–Trinajstić information content (AvgIpc) is 3.19. The van der Waals surface area contributed by atoms with Gasteiger partial charge in [0.05, 0.1) is 6.61 Å². The second kappa shape index (κ2) is 9.67. The number of ether oxygens (including phenoxy) is 1. The number of aromatic nitrogens is 1. The molecular weight excluding hydrogens is 352 g/mol. The number of rotatable bonds is 8. The third kappa shape index (κ3) is 5.78. The first-order valence-corrected chi connectivity index (χ1v) is 9.80. The van der Waals surface area contributed by atoms with Crippen molar-refractivity contribution in [3.8, 4) is 0 Å². The Morgan fingerprint density at radius 3 is 2.96 bits per heavy atom. The zero-order valence-corrected chi connectivity index (χ0v) is 16.9. The number of hydrogen-bond donors (Lipinski definition) is 0. The lowest BCUT2D eigenvalue weighted by atomic mass is 9.83. The van der Waals surface area contributed by atoms with Crippen molar-refractivity contribution in [2.75, 3.05) is 26.3 Å². The highest BCUT2D eigenvalue weighted by Gasteiger charge is 2.38. The first kappa shape index (κ1) is 20.4. The lowest BCUT2D eigenvalue weighted by molar-refractivity contribution is 0.0490. The first-order valence-electron chi connectivity index (χ1n) is 8.92. The van der Waals surface area contributed by atoms with Gasteiger partial charge < -0.3 is 4.74 Å². The lowest BCUT2D eigenvalue weighted by Crippen LogP contribution is -2.32. The Labute approximate surface area is 161 Å². The number of nitrogens with zero attached hydrogens (tertiary/aromatic N) is 2. The van der Waals surface area contributed by atoms with Gasteiger partial charge in [-0.3, -0.25) is 9.88 Å². The maximum absolute atomic E-state index is 5.88. The molecule has 138 valence electrons. The Kier molecular flexibility index (Phi) is 7.88. The third-order valence-corrected chi connectivity index (χ3v) is 6.06. The van der Waals surface area contributed by atoms with Crippen molar-refractivity contribution in [2.24, 2.45) is 5.41 Å². The maximum atomic E-state index is 5.88. The van der Waals surface area contributed by atoms with Crippen molar-refractivity contribution < 1.29 is 4.74 Å². The summed E-state index contributed by atoms with van der Waals surface area (Å²) in [5.41, 5.74) is 2.99. The molecule has 5 heteroatoms. The Hall–Kier alpha value is -0.940. The van der Waals surface area contributed by atoms with E-state index >= 15 is 0 Å². The predicted molar refractivity (Wildman–Crippen MR) is 108 cm³/mol. The van der Waals surface area contributed by atoms with Crippen LogP contribution in [0.3, 0.4) is 0 Å². The molecule has 0 N–H and O–H groups in total. The van der Waals surface area contributed by atoms with E-state index in [0.717, 1.165) is 32.8 Å². The van der Waals surface area contributed by atoms with Crippen molar-refractivity contribution in [2.45, 2.75) is 39.7 Å². The van der Waals surface area contributed by atoms with E-state index in [9.17, 15) is 0 Å². The Bertz CT molecular complexity index is 634. The van der Waals surface area contributed by atoms with Gasteiger partial charge in [0.1, 0.15) is 0 Å². The van der Waals surface area contributed by atoms with Crippen LogP contribution >= 0.6 is 23.7 Å². The van der Waals surface area contributed by atoms with Crippen LogP contribution in [-0.4, -0.2) is 36.2 Å². The SMILES string of the molecule is CCOC[C@@]1(CCc2cc(C)cs2)CCN(Cc2cccnc2)C1.Cl. The minimum absolute atomic E-state index is 0. The second-order valence-electron chi connectivity index (χ2n) is 7.05. The fraction of sp³-hybridized carbons (Fsp3) is 0.550. The summed E-state index contributed by atoms with van der Waals surface area (Å²) < 4.78 is 5.88. The number of aryl methyl sites for hydroxylation is 2. The molecule has 1 aliphatic heterocycles. The quantitative estimate of drug-likeness (QED) is 0.661. The van der Waals surface area contributed by atoms with Gasteiger partial charge in [-0.15, -0.1) is 23.7 Å². The smallest absolute Gasteiger partial charge is 0.0535 e. The van der Waals surface area contributed by atoms with Gasteiger partial charge in [0.15, 0.2) is 0 Å². The number of thiophene rings is 1. The third-order valence-electron chi connectivity index (χ3n) is 4.95. The minimum Gasteiger partial charge on any atom is -0.381 e. The topological polar surface area (TPSA) is 25.4 Å². The Morgan fingerprint density at radius 2 is 2.28 bits per heavy atom. The standard InChI is InChI=1S/C20H28N2OS.ClH/c1-3-23-16-20(7-6-19-11-17(2)14-24-19)8-10-22(15-20)13-18-5-4-9-21-12-18;/h4-5,9,11-12,14H,3,6-8,10,13,15-16H2,1-2H3;1H/t20-;/m0./s1. The van der Waals surface area contributed by atoms with E-state index in [1.807, 2.05) is 29.8 Å². The summed E-state index contributed by atoms with van der Waals surface area (Å²) in [6, 6.07) is 6.53. The van der Waals surface area contributed by atoms with Crippen molar-refractivity contribution in [1.82, 2.24) is 9.88 Å². The van der Waals surface area contributed by atoms with E-state index in [4.69, 9.17) is 4.74 Å². The van der Waals surface area contributed by atoms with Gasteiger partial charge in [-0.1, -0.05) is 6.07 Å². The van der Waals surface area contributed by atoms with Crippen LogP contribution in [0.4, 0.5) is 0 Å². The molecule has 3 heterocycles. The molecule has 0 radical (unpaired) electrons. The summed E-state index contributed by atoms with van der Waals surface area (Å²) in [4.78, 5) is 8.31. The van der Waals surface area contributed by atoms with E-state index in [2.05, 4.69) is 41.2 Å². The van der Waals surface area contributed by atoms with Crippen LogP contribution in [0.25, 0.3) is 0 Å². The largest absolute Gasteiger partial charge is 0.381 e. The van der Waals surface area contributed by atoms with Gasteiger partial charge in [0, 0.05) is 42.4 Å². The zero-order chi connectivity index (χ0) is 16.8. The molecule has 1 atom stereocenters. The molecule has 25 heavy (non-hydrogen) atoms. The summed E-state index contributed by atoms with van der Waals surface area (Å²) in [6.07, 6.45) is 7.45. The van der Waals surface area contributed by atoms with Crippen LogP contribution in [0.15, 0.2) is 36.0 Å². The van der Waals surface area contributed by atoms with Gasteiger partial charge in [0.2, 0.25) is 0 Å². The Balaban J connectivity index is 0.00000225. The maximum Gasteiger partial charge on any atom is 0.0535 e. The molecule has 2 aromatic rings. The molecular formula is C20H29ClN2OS. The van der Waals surface area contributed by atoms with Crippen LogP contribution in [-0.2, 0) is 17.7 Å². The molecule has 0 amide bonds. The monoisotopic (exact) mass is 380 g/mol. The summed E-state index contributed by atoms with van der Waals surface area (Å²) in [6.45, 7) is 9.26. The fourth-order valence-electron chi connectivity index (χ4n) is 3.64. The Morgan fingerprint density at radius 1 is 1.40 bits per heavy atom. The van der Waals surface area contributed by atoms with E-state index in [1.54, 1.807) is 0 Å². The lowest BCUT2D eigenvalue weighted by Gasteiger charge is -2.29. The van der Waals surface area contributed by atoms with Crippen molar-refractivity contribution in [3.05, 3.63) is 52.0 Å². The van der Waals surface area contributed by atoms with E-state index in [-0.39, 0.29) is 12.4 Å². The number of hydrogen-bond acceptors (Lipinski definition) is 4. The molecule has 0 bridgehead atoms. The van der Waals surface area contributed by atoms with Gasteiger partial charge in [-0.25, -0.2) is 0 Å². The molecule has 1 aliphatic rings. The molecule has 1 fully saturated rings. The molecule has 1 saturated heterocycles. The molecule has 3 nitrogen and oxygen atoms in total. The van der Waals surface area contributed by atoms with E-state index in [0.29, 0.717) is 5.41 Å². The minimum atomic E-state index is 0. The highest BCUT2D eigenvalue weighted by atomic mass is 35.5. The van der Waals surface area contributed by atoms with Gasteiger partial charge >= 0.3 is 0 Å². The molecule has 0 aromatic carbocycles. The van der Waals surface area contributed by atoms with Crippen LogP contribution in [0, 0.1) is 12.3 Å². The van der Waals surface area contributed by atoms with Crippen LogP contribution in [0.1, 0.15) is 35.8 Å². The average molecular weight is 381 g/mol. The van der Waals surface area contributed by atoms with E-state index in [1.165, 1.54) is 35.3 Å². The van der Waals surface area contributed by atoms with Gasteiger partial charge in [-0.2, -0.15) is 0 Å². The summed E-state index contributed by atoms with van der Waals surface area (Å²) in [7, 11) is 0. The van der Waals surface area contributed by atoms with Crippen molar-refractivity contribution in [3.63, 3.8) is 0 Å². The highest BCUT2D eigenvalue weighted by Crippen LogP contribution is 2.37. The zero-order valence-electron chi connectivity index (χ0n) is 15.2. The normalized spacial score (nSPS) is 20.6. The molecule has 0 aliphatic carbocycles. The predicted octanol–water partition coefficient (Wildman–Crippen LogP) is 4.73. The van der Waals surface area contributed by atoms with Crippen molar-refractivity contribution >= 4 is 23.7 Å². The van der Waals surface area contributed by atoms with Crippen molar-refractivity contribution in [1.29, 1.82) is 0 Å². The van der Waals surface area contributed by atoms with Crippen LogP contribution < -0.4 is 0 Å². The molecule has 3 rings (SSSR count). The molecule has 0 spiro atoms. The summed E-state index contributed by atoms with van der Waals surface area (Å²) in [5.74, 6) is 0. The number of likely N-dealkylation sites (tertiary alicyclic amines) is 1. The van der Waals surface area contributed by atoms with Gasteiger partial charge in [0.25, 0.3) is 0 Å². The highest BCUT2D eigenvalue weighted by molar-refractivity contribution is 7.10. The fourth-order valence-corrected chi connectivity index (χ4v) is 4.51. The molecule has 0 unspecified atom stereocenters. The second-order valence-corrected chi connectivity index (χ2v) is 8.05. The first-order chi connectivity index (χ1) is 11.7. The van der Waals surface area contributed by atoms with Gasteiger partial charge in [-0.05, 0) is 68.3 Å². The summed E-state index contributed by atoms with van der Waals surface area (Å²) in [5, 5.41) is 2.26.